The summed E-state index contributed by atoms with van der Waals surface area (Å²) in [6.07, 6.45) is 0.134. The van der Waals surface area contributed by atoms with E-state index in [9.17, 15) is 58.7 Å². The lowest BCUT2D eigenvalue weighted by Gasteiger charge is -2.29. The minimum Gasteiger partial charge on any atom is -0.508 e. The number of aromatic hydroxyl groups is 1. The standard InChI is InChI=1S/C46H59N9O12S/c1-3-26(2)40-45(63)52-35(22-27-7-13-30(14-8-27)48-38(57)19-20-39(58)49-37(25-68)44(62)54-40)42(60)50-33(6-4-5-21-47)41(59)51-34(23-28-9-15-31(16-10-28)55(66)67)43(61)53-36(46(64)65)24-29-11-17-32(56)18-12-29/h7-18,26,33-37,40,56,68H,3-6,19-25,47H2,1-2H3,(H,48,57)(H,49,58)(H,50,60)(H,51,59)(H,52,63)(H,53,61)(H,54,62)(H,64,65)/t26-,33-,34-,35-,36-,37-,40-/m0/s1. The number of aliphatic carboxylic acids is 1. The highest BCUT2D eigenvalue weighted by Crippen LogP contribution is 2.18. The lowest BCUT2D eigenvalue weighted by Crippen LogP contribution is -2.61. The summed E-state index contributed by atoms with van der Waals surface area (Å²) in [5.41, 5.74) is 7.27. The lowest BCUT2D eigenvalue weighted by molar-refractivity contribution is -0.384. The molecule has 3 aromatic rings. The Morgan fingerprint density at radius 3 is 1.97 bits per heavy atom. The smallest absolute Gasteiger partial charge is 0.326 e. The Labute approximate surface area is 398 Å². The van der Waals surface area contributed by atoms with E-state index in [0.29, 0.717) is 41.6 Å². The van der Waals surface area contributed by atoms with E-state index >= 15 is 0 Å². The molecule has 0 radical (unpaired) electrons. The largest absolute Gasteiger partial charge is 0.508 e. The second-order valence-electron chi connectivity index (χ2n) is 16.5. The van der Waals surface area contributed by atoms with Crippen molar-refractivity contribution in [1.82, 2.24) is 31.9 Å². The van der Waals surface area contributed by atoms with Gasteiger partial charge in [-0.3, -0.25) is 43.7 Å². The molecule has 2 aliphatic heterocycles. The molecule has 0 aliphatic carbocycles. The van der Waals surface area contributed by atoms with E-state index in [0.717, 1.165) is 0 Å². The van der Waals surface area contributed by atoms with Crippen LogP contribution in [0.1, 0.15) is 69.1 Å². The van der Waals surface area contributed by atoms with E-state index in [1.807, 2.05) is 0 Å². The Hall–Kier alpha value is -7.07. The Balaban J connectivity index is 1.68. The minimum atomic E-state index is -1.50. The van der Waals surface area contributed by atoms with Crippen LogP contribution in [0.2, 0.25) is 0 Å². The summed E-state index contributed by atoms with van der Waals surface area (Å²) in [7, 11) is 0. The maximum atomic E-state index is 14.5. The third-order valence-corrected chi connectivity index (χ3v) is 11.7. The number of hydrogen-bond donors (Lipinski definition) is 11. The highest BCUT2D eigenvalue weighted by atomic mass is 32.1. The van der Waals surface area contributed by atoms with Gasteiger partial charge in [-0.15, -0.1) is 0 Å². The number of carboxylic acids is 1. The van der Waals surface area contributed by atoms with Crippen molar-refractivity contribution in [3.8, 4) is 5.75 Å². The molecule has 68 heavy (non-hydrogen) atoms. The molecule has 22 heteroatoms. The van der Waals surface area contributed by atoms with Crippen LogP contribution in [0.15, 0.2) is 72.8 Å². The van der Waals surface area contributed by atoms with E-state index in [-0.39, 0.29) is 62.3 Å². The molecule has 11 N–H and O–H groups in total. The average molecular weight is 962 g/mol. The van der Waals surface area contributed by atoms with Crippen molar-refractivity contribution in [3.05, 3.63) is 99.6 Å². The Bertz CT molecular complexity index is 2260. The molecule has 2 aliphatic rings. The molecule has 0 saturated heterocycles. The molecule has 5 rings (SSSR count). The number of nitrogens with two attached hydrogens (primary N) is 1. The van der Waals surface area contributed by atoms with Gasteiger partial charge in [0.05, 0.1) is 4.92 Å². The Morgan fingerprint density at radius 2 is 1.38 bits per heavy atom. The predicted molar refractivity (Wildman–Crippen MR) is 252 cm³/mol. The molecule has 0 unspecified atom stereocenters. The molecule has 2 bridgehead atoms. The second kappa shape index (κ2) is 26.3. The van der Waals surface area contributed by atoms with E-state index in [2.05, 4.69) is 49.8 Å². The van der Waals surface area contributed by atoms with Crippen LogP contribution in [0.4, 0.5) is 11.4 Å². The number of phenols is 1. The number of fused-ring (bicyclic) bond motifs is 15. The summed E-state index contributed by atoms with van der Waals surface area (Å²) in [5, 5.41) is 49.6. The normalized spacial score (nSPS) is 18.7. The first-order valence-corrected chi connectivity index (χ1v) is 22.8. The first-order chi connectivity index (χ1) is 32.4. The molecule has 0 spiro atoms. The van der Waals surface area contributed by atoms with E-state index in [1.54, 1.807) is 38.1 Å². The summed E-state index contributed by atoms with van der Waals surface area (Å²) in [5.74, 6) is -7.23. The number of anilines is 1. The number of amides is 7. The molecular formula is C46H59N9O12S. The molecule has 7 atom stereocenters. The van der Waals surface area contributed by atoms with Crippen molar-refractivity contribution in [3.63, 3.8) is 0 Å². The van der Waals surface area contributed by atoms with Crippen LogP contribution in [0.3, 0.4) is 0 Å². The number of carbonyl (C=O) groups is 8. The van der Waals surface area contributed by atoms with Crippen LogP contribution in [0.5, 0.6) is 5.75 Å². The van der Waals surface area contributed by atoms with Crippen LogP contribution >= 0.6 is 12.6 Å². The zero-order chi connectivity index (χ0) is 49.9. The quantitative estimate of drug-likeness (QED) is 0.0265. The number of nitrogens with one attached hydrogen (secondary N) is 7. The second-order valence-corrected chi connectivity index (χ2v) is 16.9. The fourth-order valence-electron chi connectivity index (χ4n) is 7.14. The number of unbranched alkanes of at least 4 members (excludes halogenated alkanes) is 1. The topological polar surface area (TPSA) is 330 Å². The SMILES string of the molecule is CC[C@H](C)[C@@H]1NC(=O)[C@H](CS)NC(=O)CCC(=O)Nc2ccc(cc2)C[C@@H](C(=O)N[C@@H](CCCCN)C(=O)N[C@@H](Cc2ccc([N+](=O)[O-])cc2)C(=O)N[C@@H](Cc2ccc(O)cc2)C(=O)O)NC1=O. The van der Waals surface area contributed by atoms with Gasteiger partial charge in [-0.2, -0.15) is 12.6 Å². The molecule has 0 saturated carbocycles. The number of rotatable bonds is 19. The molecule has 0 aromatic heterocycles. The highest BCUT2D eigenvalue weighted by molar-refractivity contribution is 7.80. The maximum Gasteiger partial charge on any atom is 0.326 e. The fourth-order valence-corrected chi connectivity index (χ4v) is 7.40. The first-order valence-electron chi connectivity index (χ1n) is 22.2. The van der Waals surface area contributed by atoms with Crippen LogP contribution in [-0.4, -0.2) is 111 Å². The lowest BCUT2D eigenvalue weighted by atomic mass is 9.96. The van der Waals surface area contributed by atoms with Gasteiger partial charge >= 0.3 is 5.97 Å². The van der Waals surface area contributed by atoms with Gasteiger partial charge in [0.2, 0.25) is 41.4 Å². The first kappa shape index (κ1) is 53.5. The van der Waals surface area contributed by atoms with Crippen molar-refractivity contribution in [2.75, 3.05) is 17.6 Å². The predicted octanol–water partition coefficient (Wildman–Crippen LogP) is 1.16. The Kier molecular flexibility index (Phi) is 20.7. The molecule has 2 heterocycles. The van der Waals surface area contributed by atoms with Gasteiger partial charge in [0.15, 0.2) is 0 Å². The van der Waals surface area contributed by atoms with Crippen LogP contribution in [0, 0.1) is 16.0 Å². The van der Waals surface area contributed by atoms with E-state index < -0.39 is 94.4 Å². The zero-order valence-electron chi connectivity index (χ0n) is 37.7. The highest BCUT2D eigenvalue weighted by Gasteiger charge is 2.35. The number of carbonyl (C=O) groups excluding carboxylic acids is 7. The van der Waals surface area contributed by atoms with Gasteiger partial charge in [0.1, 0.15) is 42.0 Å². The molecule has 7 amide bonds. The van der Waals surface area contributed by atoms with E-state index in [4.69, 9.17) is 5.73 Å². The summed E-state index contributed by atoms with van der Waals surface area (Å²) in [6.45, 7) is 3.74. The number of carboxylic acid groups (broad SMARTS) is 1. The van der Waals surface area contributed by atoms with Gasteiger partial charge in [-0.1, -0.05) is 56.7 Å². The van der Waals surface area contributed by atoms with Crippen molar-refractivity contribution in [2.45, 2.75) is 108 Å². The number of nitro benzene ring substituents is 1. The van der Waals surface area contributed by atoms with Crippen LogP contribution < -0.4 is 43.0 Å². The zero-order valence-corrected chi connectivity index (χ0v) is 38.6. The summed E-state index contributed by atoms with van der Waals surface area (Å²) >= 11 is 4.21. The number of benzene rings is 3. The third-order valence-electron chi connectivity index (χ3n) is 11.3. The van der Waals surface area contributed by atoms with Crippen molar-refractivity contribution in [1.29, 1.82) is 0 Å². The van der Waals surface area contributed by atoms with E-state index in [1.165, 1.54) is 48.5 Å². The number of hydrogen-bond acceptors (Lipinski definition) is 13. The monoisotopic (exact) mass is 961 g/mol. The summed E-state index contributed by atoms with van der Waals surface area (Å²) in [4.78, 5) is 119. The molecule has 21 nitrogen and oxygen atoms in total. The molecule has 0 fully saturated rings. The molecule has 3 aromatic carbocycles. The maximum absolute atomic E-state index is 14.5. The van der Waals surface area contributed by atoms with Crippen LogP contribution in [-0.2, 0) is 57.6 Å². The van der Waals surface area contributed by atoms with Crippen molar-refractivity contribution < 1.29 is 53.5 Å². The fraction of sp³-hybridized carbons (Fsp3) is 0.435. The van der Waals surface area contributed by atoms with Crippen molar-refractivity contribution in [2.24, 2.45) is 11.7 Å². The Morgan fingerprint density at radius 1 is 0.794 bits per heavy atom. The number of thiol groups is 1. The number of non-ortho nitro benzene ring substituents is 1. The number of phenolic OH excluding ortho intramolecular Hbond substituents is 1. The van der Waals surface area contributed by atoms with Crippen molar-refractivity contribution >= 4 is 71.3 Å². The van der Waals surface area contributed by atoms with Gasteiger partial charge in [-0.25, -0.2) is 4.79 Å². The summed E-state index contributed by atoms with van der Waals surface area (Å²) in [6, 6.07) is 9.10. The number of nitro groups is 1. The molecule has 366 valence electrons. The van der Waals surface area contributed by atoms with Gasteiger partial charge in [-0.05, 0) is 72.7 Å². The van der Waals surface area contributed by atoms with Gasteiger partial charge in [0, 0.05) is 55.7 Å². The van der Waals surface area contributed by atoms with Gasteiger partial charge < -0.3 is 53.2 Å². The minimum absolute atomic E-state index is 0.00328. The third kappa shape index (κ3) is 16.7. The summed E-state index contributed by atoms with van der Waals surface area (Å²) < 4.78 is 0. The average Bonchev–Trinajstić information content (AvgIpc) is 3.31. The molecular weight excluding hydrogens is 903 g/mol. The number of nitrogens with zero attached hydrogens (tertiary/aromatic N) is 1. The van der Waals surface area contributed by atoms with Gasteiger partial charge in [0.25, 0.3) is 5.69 Å². The van der Waals surface area contributed by atoms with Crippen LogP contribution in [0.25, 0.3) is 0 Å².